The topological polar surface area (TPSA) is 110 Å². The fourth-order valence-electron chi connectivity index (χ4n) is 2.41. The van der Waals surface area contributed by atoms with Crippen LogP contribution >= 0.6 is 0 Å². The molecule has 0 spiro atoms. The molecule has 0 bridgehead atoms. The number of amides is 1. The predicted octanol–water partition coefficient (Wildman–Crippen LogP) is 3.32. The van der Waals surface area contributed by atoms with Crippen LogP contribution in [0.5, 0.6) is 5.75 Å². The second kappa shape index (κ2) is 8.70. The fraction of sp³-hybridized carbons (Fsp3) is 0.150. The van der Waals surface area contributed by atoms with E-state index in [2.05, 4.69) is 20.0 Å². The summed E-state index contributed by atoms with van der Waals surface area (Å²) in [6.45, 7) is 3.85. The number of nitrogens with one attached hydrogen (secondary N) is 2. The van der Waals surface area contributed by atoms with Gasteiger partial charge in [0.25, 0.3) is 15.9 Å². The number of sulfonamides is 1. The van der Waals surface area contributed by atoms with Gasteiger partial charge in [-0.1, -0.05) is 0 Å². The summed E-state index contributed by atoms with van der Waals surface area (Å²) in [4.78, 5) is 20.1. The molecule has 0 saturated carbocycles. The molecule has 3 rings (SSSR count). The second-order valence-electron chi connectivity index (χ2n) is 6.35. The molecule has 1 amide bonds. The van der Waals surface area contributed by atoms with Crippen molar-refractivity contribution in [2.45, 2.75) is 24.8 Å². The molecular weight excluding hydrogens is 392 g/mol. The monoisotopic (exact) mass is 412 g/mol. The Kier molecular flexibility index (Phi) is 6.08. The number of nitrogens with zero attached hydrogens (tertiary/aromatic N) is 2. The van der Waals surface area contributed by atoms with Gasteiger partial charge in [-0.2, -0.15) is 0 Å². The lowest BCUT2D eigenvalue weighted by atomic mass is 10.2. The highest BCUT2D eigenvalue weighted by molar-refractivity contribution is 7.92. The van der Waals surface area contributed by atoms with Crippen LogP contribution < -0.4 is 14.8 Å². The summed E-state index contributed by atoms with van der Waals surface area (Å²) in [5.41, 5.74) is 0.924. The van der Waals surface area contributed by atoms with E-state index in [9.17, 15) is 13.2 Å². The highest BCUT2D eigenvalue weighted by atomic mass is 32.2. The number of anilines is 2. The average molecular weight is 412 g/mol. The summed E-state index contributed by atoms with van der Waals surface area (Å²) in [5.74, 6) is 0.350. The van der Waals surface area contributed by atoms with E-state index >= 15 is 0 Å². The van der Waals surface area contributed by atoms with Gasteiger partial charge in [0.1, 0.15) is 5.75 Å². The summed E-state index contributed by atoms with van der Waals surface area (Å²) in [6.07, 6.45) is 2.92. The van der Waals surface area contributed by atoms with Crippen molar-refractivity contribution in [1.29, 1.82) is 0 Å². The van der Waals surface area contributed by atoms with E-state index < -0.39 is 10.0 Å². The average Bonchev–Trinajstić information content (AvgIpc) is 2.69. The van der Waals surface area contributed by atoms with Crippen LogP contribution in [0.2, 0.25) is 0 Å². The van der Waals surface area contributed by atoms with Crippen LogP contribution in [0.25, 0.3) is 0 Å². The lowest BCUT2D eigenvalue weighted by Gasteiger charge is -2.11. The SMILES string of the molecule is CC(C)Oc1ccc(C(=O)Nc2ccc(S(=O)(=O)Nc3ncccn3)cc2)cc1. The van der Waals surface area contributed by atoms with Crippen molar-refractivity contribution in [2.24, 2.45) is 0 Å². The Morgan fingerprint density at radius 2 is 1.59 bits per heavy atom. The molecule has 1 aromatic heterocycles. The van der Waals surface area contributed by atoms with Crippen LogP contribution in [0.15, 0.2) is 71.9 Å². The Hall–Kier alpha value is -3.46. The molecule has 2 aromatic carbocycles. The normalized spacial score (nSPS) is 11.1. The Morgan fingerprint density at radius 1 is 0.966 bits per heavy atom. The first kappa shape index (κ1) is 20.3. The minimum absolute atomic E-state index is 0.0187. The van der Waals surface area contributed by atoms with Gasteiger partial charge in [0.15, 0.2) is 0 Å². The minimum Gasteiger partial charge on any atom is -0.491 e. The maximum absolute atomic E-state index is 12.4. The number of carbonyl (C=O) groups excluding carboxylic acids is 1. The van der Waals surface area contributed by atoms with Gasteiger partial charge in [0.05, 0.1) is 11.0 Å². The van der Waals surface area contributed by atoms with Crippen LogP contribution in [0, 0.1) is 0 Å². The van der Waals surface area contributed by atoms with Crippen LogP contribution in [-0.4, -0.2) is 30.4 Å². The van der Waals surface area contributed by atoms with Gasteiger partial charge < -0.3 is 10.1 Å². The van der Waals surface area contributed by atoms with Crippen molar-refractivity contribution < 1.29 is 17.9 Å². The number of aromatic nitrogens is 2. The minimum atomic E-state index is -3.83. The molecule has 0 atom stereocenters. The smallest absolute Gasteiger partial charge is 0.264 e. The van der Waals surface area contributed by atoms with Crippen LogP contribution in [0.3, 0.4) is 0 Å². The van der Waals surface area contributed by atoms with E-state index in [1.165, 1.54) is 36.7 Å². The fourth-order valence-corrected chi connectivity index (χ4v) is 3.37. The van der Waals surface area contributed by atoms with E-state index in [4.69, 9.17) is 4.74 Å². The quantitative estimate of drug-likeness (QED) is 0.616. The lowest BCUT2D eigenvalue weighted by Crippen LogP contribution is -2.15. The summed E-state index contributed by atoms with van der Waals surface area (Å²) >= 11 is 0. The van der Waals surface area contributed by atoms with E-state index in [-0.39, 0.29) is 22.9 Å². The maximum Gasteiger partial charge on any atom is 0.264 e. The van der Waals surface area contributed by atoms with Crippen LogP contribution in [0.1, 0.15) is 24.2 Å². The van der Waals surface area contributed by atoms with Crippen molar-refractivity contribution in [2.75, 3.05) is 10.0 Å². The zero-order valence-corrected chi connectivity index (χ0v) is 16.7. The molecule has 3 aromatic rings. The number of hydrogen-bond acceptors (Lipinski definition) is 6. The molecule has 0 aliphatic carbocycles. The van der Waals surface area contributed by atoms with Crippen molar-refractivity contribution in [1.82, 2.24) is 9.97 Å². The number of hydrogen-bond donors (Lipinski definition) is 2. The third-order valence-electron chi connectivity index (χ3n) is 3.70. The van der Waals surface area contributed by atoms with E-state index in [0.29, 0.717) is 17.0 Å². The van der Waals surface area contributed by atoms with Gasteiger partial charge in [0, 0.05) is 23.6 Å². The van der Waals surface area contributed by atoms with Gasteiger partial charge in [-0.25, -0.2) is 23.1 Å². The number of rotatable bonds is 7. The van der Waals surface area contributed by atoms with Crippen molar-refractivity contribution in [3.63, 3.8) is 0 Å². The summed E-state index contributed by atoms with van der Waals surface area (Å²) in [5, 5.41) is 2.73. The summed E-state index contributed by atoms with van der Waals surface area (Å²) in [6, 6.07) is 14.2. The van der Waals surface area contributed by atoms with Gasteiger partial charge in [-0.3, -0.25) is 4.79 Å². The Balaban J connectivity index is 1.66. The van der Waals surface area contributed by atoms with Gasteiger partial charge in [0.2, 0.25) is 5.95 Å². The first-order valence-corrected chi connectivity index (χ1v) is 10.3. The molecule has 0 aliphatic heterocycles. The molecule has 0 saturated heterocycles. The molecule has 0 fully saturated rings. The highest BCUT2D eigenvalue weighted by Gasteiger charge is 2.15. The second-order valence-corrected chi connectivity index (χ2v) is 8.03. The first-order chi connectivity index (χ1) is 13.8. The first-order valence-electron chi connectivity index (χ1n) is 8.81. The van der Waals surface area contributed by atoms with E-state index in [1.54, 1.807) is 30.3 Å². The number of carbonyl (C=O) groups is 1. The molecular formula is C20H20N4O4S. The molecule has 9 heteroatoms. The standard InChI is InChI=1S/C20H20N4O4S/c1-14(2)28-17-8-4-15(5-9-17)19(25)23-16-6-10-18(11-7-16)29(26,27)24-20-21-12-3-13-22-20/h3-14H,1-2H3,(H,23,25)(H,21,22,24). The van der Waals surface area contributed by atoms with Gasteiger partial charge >= 0.3 is 0 Å². The molecule has 1 heterocycles. The molecule has 0 aliphatic rings. The lowest BCUT2D eigenvalue weighted by molar-refractivity contribution is 0.102. The van der Waals surface area contributed by atoms with Crippen LogP contribution in [-0.2, 0) is 10.0 Å². The molecule has 150 valence electrons. The van der Waals surface area contributed by atoms with E-state index in [1.807, 2.05) is 13.8 Å². The molecule has 29 heavy (non-hydrogen) atoms. The van der Waals surface area contributed by atoms with E-state index in [0.717, 1.165) is 0 Å². The zero-order valence-electron chi connectivity index (χ0n) is 15.9. The Labute approximate surface area is 169 Å². The Morgan fingerprint density at radius 3 is 2.17 bits per heavy atom. The maximum atomic E-state index is 12.4. The molecule has 0 radical (unpaired) electrons. The molecule has 2 N–H and O–H groups in total. The van der Waals surface area contributed by atoms with Crippen molar-refractivity contribution in [3.8, 4) is 5.75 Å². The summed E-state index contributed by atoms with van der Waals surface area (Å²) in [7, 11) is -3.83. The number of ether oxygens (including phenoxy) is 1. The summed E-state index contributed by atoms with van der Waals surface area (Å²) < 4.78 is 32.6. The molecule has 8 nitrogen and oxygen atoms in total. The predicted molar refractivity (Wildman–Crippen MR) is 109 cm³/mol. The zero-order chi connectivity index (χ0) is 20.9. The van der Waals surface area contributed by atoms with Gasteiger partial charge in [-0.15, -0.1) is 0 Å². The highest BCUT2D eigenvalue weighted by Crippen LogP contribution is 2.18. The molecule has 0 unspecified atom stereocenters. The largest absolute Gasteiger partial charge is 0.491 e. The van der Waals surface area contributed by atoms with Crippen LogP contribution in [0.4, 0.5) is 11.6 Å². The Bertz CT molecular complexity index is 1070. The van der Waals surface area contributed by atoms with Crippen molar-refractivity contribution >= 4 is 27.6 Å². The third-order valence-corrected chi connectivity index (χ3v) is 5.05. The van der Waals surface area contributed by atoms with Crippen molar-refractivity contribution in [3.05, 3.63) is 72.6 Å². The number of benzene rings is 2. The third kappa shape index (κ3) is 5.52. The van der Waals surface area contributed by atoms with Gasteiger partial charge in [-0.05, 0) is 68.4 Å².